The van der Waals surface area contributed by atoms with Crippen molar-refractivity contribution in [1.82, 2.24) is 15.5 Å². The van der Waals surface area contributed by atoms with E-state index in [1.807, 2.05) is 0 Å². The second-order valence-corrected chi connectivity index (χ2v) is 5.39. The lowest BCUT2D eigenvalue weighted by molar-refractivity contribution is -0.118. The Hall–Kier alpha value is -0.610. The normalized spacial score (nSPS) is 17.8. The first-order valence-electron chi connectivity index (χ1n) is 8.01. The fraction of sp³-hybridized carbons (Fsp3) is 0.867. The molecule has 23 heavy (non-hydrogen) atoms. The molecule has 8 heteroatoms. The van der Waals surface area contributed by atoms with E-state index in [2.05, 4.69) is 27.4 Å². The van der Waals surface area contributed by atoms with E-state index in [0.29, 0.717) is 32.2 Å². The molecule has 0 aliphatic carbocycles. The average Bonchev–Trinajstić information content (AvgIpc) is 2.95. The third kappa shape index (κ3) is 9.98. The third-order valence-corrected chi connectivity index (χ3v) is 3.45. The summed E-state index contributed by atoms with van der Waals surface area (Å²) in [6.45, 7) is 9.59. The number of nitrogens with one attached hydrogen (secondary N) is 2. The van der Waals surface area contributed by atoms with Gasteiger partial charge in [-0.25, -0.2) is 0 Å². The number of carbonyl (C=O) groups is 1. The van der Waals surface area contributed by atoms with Gasteiger partial charge in [0, 0.05) is 46.1 Å². The number of aliphatic imine (C=N–C) groups is 1. The summed E-state index contributed by atoms with van der Waals surface area (Å²) in [5.74, 6) is 1.44. The zero-order chi connectivity index (χ0) is 16.2. The van der Waals surface area contributed by atoms with E-state index in [0.717, 1.165) is 38.6 Å². The number of carbonyl (C=O) groups excluding carboxylic acids is 1. The van der Waals surface area contributed by atoms with Crippen LogP contribution in [0.15, 0.2) is 4.99 Å². The highest BCUT2D eigenvalue weighted by molar-refractivity contribution is 14.0. The van der Waals surface area contributed by atoms with Gasteiger partial charge in [0.05, 0.1) is 26.4 Å². The van der Waals surface area contributed by atoms with E-state index in [9.17, 15) is 4.79 Å². The van der Waals surface area contributed by atoms with Crippen molar-refractivity contribution in [2.75, 3.05) is 59.7 Å². The van der Waals surface area contributed by atoms with Gasteiger partial charge in [-0.1, -0.05) is 0 Å². The molecule has 1 heterocycles. The Kier molecular flexibility index (Phi) is 13.4. The van der Waals surface area contributed by atoms with E-state index in [1.165, 1.54) is 6.92 Å². The Bertz CT molecular complexity index is 356. The molecule has 0 aromatic rings. The molecule has 7 nitrogen and oxygen atoms in total. The second kappa shape index (κ2) is 13.8. The van der Waals surface area contributed by atoms with Crippen LogP contribution in [0.2, 0.25) is 0 Å². The maximum Gasteiger partial charge on any atom is 0.216 e. The van der Waals surface area contributed by atoms with Gasteiger partial charge in [0.25, 0.3) is 0 Å². The summed E-state index contributed by atoms with van der Waals surface area (Å²) in [6, 6.07) is 0. The van der Waals surface area contributed by atoms with Crippen LogP contribution in [-0.4, -0.2) is 76.4 Å². The molecule has 1 rings (SSSR count). The van der Waals surface area contributed by atoms with Gasteiger partial charge in [0.2, 0.25) is 5.91 Å². The lowest BCUT2D eigenvalue weighted by Gasteiger charge is -2.21. The summed E-state index contributed by atoms with van der Waals surface area (Å²) in [7, 11) is 1.68. The van der Waals surface area contributed by atoms with E-state index in [1.54, 1.807) is 7.11 Å². The second-order valence-electron chi connectivity index (χ2n) is 5.39. The number of methoxy groups -OCH3 is 1. The first kappa shape index (κ1) is 22.4. The highest BCUT2D eigenvalue weighted by atomic mass is 127. The van der Waals surface area contributed by atoms with Gasteiger partial charge in [-0.15, -0.1) is 24.0 Å². The molecule has 2 N–H and O–H groups in total. The smallest absolute Gasteiger partial charge is 0.216 e. The summed E-state index contributed by atoms with van der Waals surface area (Å²) in [4.78, 5) is 17.7. The molecule has 136 valence electrons. The minimum Gasteiger partial charge on any atom is -0.382 e. The Labute approximate surface area is 156 Å². The topological polar surface area (TPSA) is 75.2 Å². The minimum absolute atomic E-state index is 0. The zero-order valence-electron chi connectivity index (χ0n) is 14.5. The van der Waals surface area contributed by atoms with E-state index < -0.39 is 0 Å². The predicted molar refractivity (Wildman–Crippen MR) is 102 cm³/mol. The SMILES string of the molecule is CCNC(=NCCNC(C)=O)N1CCC(COCCOC)C1.I. The molecule has 1 unspecified atom stereocenters. The first-order valence-corrected chi connectivity index (χ1v) is 8.01. The molecule has 0 bridgehead atoms. The number of ether oxygens (including phenoxy) is 2. The van der Waals surface area contributed by atoms with Crippen LogP contribution in [0.4, 0.5) is 0 Å². The van der Waals surface area contributed by atoms with E-state index >= 15 is 0 Å². The molecule has 0 spiro atoms. The van der Waals surface area contributed by atoms with Crippen LogP contribution in [0.5, 0.6) is 0 Å². The van der Waals surface area contributed by atoms with Crippen molar-refractivity contribution in [2.45, 2.75) is 20.3 Å². The maximum atomic E-state index is 10.9. The molecule has 1 aliphatic heterocycles. The monoisotopic (exact) mass is 442 g/mol. The van der Waals surface area contributed by atoms with Gasteiger partial charge in [-0.2, -0.15) is 0 Å². The van der Waals surface area contributed by atoms with Crippen molar-refractivity contribution in [1.29, 1.82) is 0 Å². The third-order valence-electron chi connectivity index (χ3n) is 3.45. The molecule has 1 saturated heterocycles. The molecule has 0 saturated carbocycles. The zero-order valence-corrected chi connectivity index (χ0v) is 16.8. The standard InChI is InChI=1S/C15H30N4O3.HI/c1-4-16-15(18-7-6-17-13(2)20)19-8-5-14(11-19)12-22-10-9-21-3;/h14H,4-12H2,1-3H3,(H,16,18)(H,17,20);1H. The van der Waals surface area contributed by atoms with Crippen molar-refractivity contribution in [3.05, 3.63) is 0 Å². The van der Waals surface area contributed by atoms with Gasteiger partial charge in [-0.3, -0.25) is 9.79 Å². The van der Waals surface area contributed by atoms with E-state index in [4.69, 9.17) is 9.47 Å². The predicted octanol–water partition coefficient (Wildman–Crippen LogP) is 0.691. The number of likely N-dealkylation sites (tertiary alicyclic amines) is 1. The Morgan fingerprint density at radius 3 is 2.78 bits per heavy atom. The Morgan fingerprint density at radius 1 is 1.35 bits per heavy atom. The van der Waals surface area contributed by atoms with Gasteiger partial charge in [-0.05, 0) is 13.3 Å². The largest absolute Gasteiger partial charge is 0.382 e. The lowest BCUT2D eigenvalue weighted by Crippen LogP contribution is -2.40. The quantitative estimate of drug-likeness (QED) is 0.238. The van der Waals surface area contributed by atoms with Gasteiger partial charge in [0.1, 0.15) is 0 Å². The molecule has 1 fully saturated rings. The summed E-state index contributed by atoms with van der Waals surface area (Å²) in [5, 5.41) is 6.07. The average molecular weight is 442 g/mol. The summed E-state index contributed by atoms with van der Waals surface area (Å²) in [6.07, 6.45) is 1.11. The molecular formula is C15H31IN4O3. The number of amides is 1. The molecule has 1 aliphatic rings. The van der Waals surface area contributed by atoms with Crippen LogP contribution >= 0.6 is 24.0 Å². The summed E-state index contributed by atoms with van der Waals surface area (Å²) in [5.41, 5.74) is 0. The summed E-state index contributed by atoms with van der Waals surface area (Å²) < 4.78 is 10.6. The fourth-order valence-corrected chi connectivity index (χ4v) is 2.37. The Balaban J connectivity index is 0.00000484. The number of hydrogen-bond acceptors (Lipinski definition) is 4. The van der Waals surface area contributed by atoms with Gasteiger partial charge < -0.3 is 25.0 Å². The molecular weight excluding hydrogens is 411 g/mol. The molecule has 0 radical (unpaired) electrons. The fourth-order valence-electron chi connectivity index (χ4n) is 2.37. The van der Waals surface area contributed by atoms with Crippen molar-refractivity contribution >= 4 is 35.8 Å². The minimum atomic E-state index is -0.0188. The van der Waals surface area contributed by atoms with Crippen LogP contribution in [-0.2, 0) is 14.3 Å². The van der Waals surface area contributed by atoms with Crippen LogP contribution < -0.4 is 10.6 Å². The van der Waals surface area contributed by atoms with Gasteiger partial charge in [0.15, 0.2) is 5.96 Å². The number of halogens is 1. The number of hydrogen-bond donors (Lipinski definition) is 2. The molecule has 1 amide bonds. The molecule has 0 aromatic carbocycles. The van der Waals surface area contributed by atoms with Crippen molar-refractivity contribution in [3.8, 4) is 0 Å². The summed E-state index contributed by atoms with van der Waals surface area (Å²) >= 11 is 0. The number of rotatable bonds is 9. The van der Waals surface area contributed by atoms with E-state index in [-0.39, 0.29) is 29.9 Å². The van der Waals surface area contributed by atoms with Crippen molar-refractivity contribution in [3.63, 3.8) is 0 Å². The van der Waals surface area contributed by atoms with Crippen molar-refractivity contribution in [2.24, 2.45) is 10.9 Å². The van der Waals surface area contributed by atoms with Crippen LogP contribution in [0.3, 0.4) is 0 Å². The molecule has 0 aromatic heterocycles. The number of guanidine groups is 1. The van der Waals surface area contributed by atoms with Gasteiger partial charge >= 0.3 is 0 Å². The first-order chi connectivity index (χ1) is 10.7. The highest BCUT2D eigenvalue weighted by Gasteiger charge is 2.24. The lowest BCUT2D eigenvalue weighted by atomic mass is 10.1. The van der Waals surface area contributed by atoms with Crippen LogP contribution in [0, 0.1) is 5.92 Å². The van der Waals surface area contributed by atoms with Crippen LogP contribution in [0.1, 0.15) is 20.3 Å². The maximum absolute atomic E-state index is 10.9. The Morgan fingerprint density at radius 2 is 2.13 bits per heavy atom. The van der Waals surface area contributed by atoms with Crippen molar-refractivity contribution < 1.29 is 14.3 Å². The molecule has 1 atom stereocenters. The van der Waals surface area contributed by atoms with Crippen LogP contribution in [0.25, 0.3) is 0 Å². The highest BCUT2D eigenvalue weighted by Crippen LogP contribution is 2.16. The number of nitrogens with zero attached hydrogens (tertiary/aromatic N) is 2.